The van der Waals surface area contributed by atoms with Crippen LogP contribution in [0.5, 0.6) is 5.75 Å². The van der Waals surface area contributed by atoms with Crippen LogP contribution >= 0.6 is 0 Å². The number of para-hydroxylation sites is 2. The summed E-state index contributed by atoms with van der Waals surface area (Å²) in [6.07, 6.45) is 1.08. The first-order valence-corrected chi connectivity index (χ1v) is 7.29. The van der Waals surface area contributed by atoms with Gasteiger partial charge in [0.25, 0.3) is 11.2 Å². The number of nitro groups is 1. The number of nitrogens with zero attached hydrogens (tertiary/aromatic N) is 2. The third-order valence-corrected chi connectivity index (χ3v) is 3.28. The molecule has 1 amide bonds. The van der Waals surface area contributed by atoms with Gasteiger partial charge in [0.05, 0.1) is 23.4 Å². The minimum absolute atomic E-state index is 0.211. The summed E-state index contributed by atoms with van der Waals surface area (Å²) in [5, 5.41) is 13.6. The summed E-state index contributed by atoms with van der Waals surface area (Å²) < 4.78 is 6.41. The lowest BCUT2D eigenvalue weighted by atomic mass is 10.2. The SMILES string of the molecule is CCOc1ccccc1NC(=O)Cn1cc([N+](=O)[O-])c(C)cc1=O. The molecule has 8 heteroatoms. The Bertz CT molecular complexity index is 829. The minimum atomic E-state index is -0.590. The number of rotatable bonds is 6. The van der Waals surface area contributed by atoms with E-state index in [1.807, 2.05) is 6.92 Å². The van der Waals surface area contributed by atoms with Gasteiger partial charge in [-0.2, -0.15) is 0 Å². The molecule has 0 radical (unpaired) electrons. The van der Waals surface area contributed by atoms with Crippen LogP contribution in [0.1, 0.15) is 12.5 Å². The Morgan fingerprint density at radius 2 is 2.08 bits per heavy atom. The summed E-state index contributed by atoms with van der Waals surface area (Å²) in [4.78, 5) is 34.4. The zero-order valence-electron chi connectivity index (χ0n) is 13.3. The van der Waals surface area contributed by atoms with Gasteiger partial charge in [-0.15, -0.1) is 0 Å². The average Bonchev–Trinajstić information content (AvgIpc) is 2.52. The number of ether oxygens (including phenoxy) is 1. The number of aromatic nitrogens is 1. The number of hydrogen-bond donors (Lipinski definition) is 1. The number of anilines is 1. The predicted molar refractivity (Wildman–Crippen MR) is 88.3 cm³/mol. The second kappa shape index (κ2) is 7.40. The van der Waals surface area contributed by atoms with Gasteiger partial charge in [-0.05, 0) is 26.0 Å². The van der Waals surface area contributed by atoms with Crippen LogP contribution in [0.15, 0.2) is 41.3 Å². The zero-order chi connectivity index (χ0) is 17.7. The van der Waals surface area contributed by atoms with Crippen molar-refractivity contribution < 1.29 is 14.5 Å². The van der Waals surface area contributed by atoms with Gasteiger partial charge in [0.15, 0.2) is 0 Å². The Balaban J connectivity index is 2.20. The number of nitrogens with one attached hydrogen (secondary N) is 1. The molecule has 0 spiro atoms. The monoisotopic (exact) mass is 331 g/mol. The standard InChI is InChI=1S/C16H17N3O5/c1-3-24-14-7-5-4-6-12(14)17-15(20)10-18-9-13(19(22)23)11(2)8-16(18)21/h4-9H,3,10H2,1-2H3,(H,17,20). The summed E-state index contributed by atoms with van der Waals surface area (Å²) in [6, 6.07) is 8.03. The molecule has 2 aromatic rings. The summed E-state index contributed by atoms with van der Waals surface area (Å²) in [6.45, 7) is 3.41. The summed E-state index contributed by atoms with van der Waals surface area (Å²) >= 11 is 0. The van der Waals surface area contributed by atoms with E-state index in [2.05, 4.69) is 5.32 Å². The van der Waals surface area contributed by atoms with Crippen molar-refractivity contribution in [3.05, 3.63) is 62.6 Å². The van der Waals surface area contributed by atoms with Crippen LogP contribution in [0, 0.1) is 17.0 Å². The van der Waals surface area contributed by atoms with Gasteiger partial charge < -0.3 is 10.1 Å². The lowest BCUT2D eigenvalue weighted by Gasteiger charge is -2.12. The highest BCUT2D eigenvalue weighted by atomic mass is 16.6. The first kappa shape index (κ1) is 17.2. The van der Waals surface area contributed by atoms with E-state index in [0.29, 0.717) is 18.0 Å². The summed E-state index contributed by atoms with van der Waals surface area (Å²) in [5.41, 5.74) is 0.0332. The largest absolute Gasteiger partial charge is 0.492 e. The van der Waals surface area contributed by atoms with Crippen LogP contribution in [0.25, 0.3) is 0 Å². The molecule has 0 unspecified atom stereocenters. The molecular formula is C16H17N3O5. The zero-order valence-corrected chi connectivity index (χ0v) is 13.3. The van der Waals surface area contributed by atoms with Gasteiger partial charge in [0, 0.05) is 11.6 Å². The highest BCUT2D eigenvalue weighted by Gasteiger charge is 2.15. The van der Waals surface area contributed by atoms with Crippen molar-refractivity contribution in [3.8, 4) is 5.75 Å². The first-order valence-electron chi connectivity index (χ1n) is 7.29. The van der Waals surface area contributed by atoms with Crippen molar-refractivity contribution in [1.29, 1.82) is 0 Å². The van der Waals surface area contributed by atoms with Gasteiger partial charge in [-0.1, -0.05) is 12.1 Å². The summed E-state index contributed by atoms with van der Waals surface area (Å²) in [5.74, 6) is 0.0259. The molecule has 0 aliphatic rings. The molecule has 0 saturated carbocycles. The fraction of sp³-hybridized carbons (Fsp3) is 0.250. The van der Waals surface area contributed by atoms with E-state index >= 15 is 0 Å². The van der Waals surface area contributed by atoms with Gasteiger partial charge >= 0.3 is 0 Å². The highest BCUT2D eigenvalue weighted by molar-refractivity contribution is 5.92. The van der Waals surface area contributed by atoms with Gasteiger partial charge in [0.1, 0.15) is 12.3 Å². The molecule has 0 saturated heterocycles. The van der Waals surface area contributed by atoms with Crippen LogP contribution in [0.2, 0.25) is 0 Å². The molecule has 8 nitrogen and oxygen atoms in total. The molecule has 1 heterocycles. The van der Waals surface area contributed by atoms with Crippen molar-refractivity contribution in [2.45, 2.75) is 20.4 Å². The number of benzene rings is 1. The van der Waals surface area contributed by atoms with E-state index in [1.54, 1.807) is 24.3 Å². The number of aryl methyl sites for hydroxylation is 1. The van der Waals surface area contributed by atoms with E-state index in [1.165, 1.54) is 6.92 Å². The molecule has 0 aliphatic heterocycles. The van der Waals surface area contributed by atoms with Crippen LogP contribution in [-0.2, 0) is 11.3 Å². The smallest absolute Gasteiger partial charge is 0.288 e. The fourth-order valence-corrected chi connectivity index (χ4v) is 2.17. The average molecular weight is 331 g/mol. The van der Waals surface area contributed by atoms with Crippen LogP contribution in [0.3, 0.4) is 0 Å². The van der Waals surface area contributed by atoms with Crippen LogP contribution < -0.4 is 15.6 Å². The third kappa shape index (κ3) is 3.97. The van der Waals surface area contributed by atoms with E-state index in [4.69, 9.17) is 4.74 Å². The molecule has 2 rings (SSSR count). The van der Waals surface area contributed by atoms with Gasteiger partial charge in [-0.3, -0.25) is 24.3 Å². The molecule has 0 atom stereocenters. The number of carbonyl (C=O) groups is 1. The first-order chi connectivity index (χ1) is 11.4. The number of carbonyl (C=O) groups excluding carboxylic acids is 1. The van der Waals surface area contributed by atoms with Crippen molar-refractivity contribution in [1.82, 2.24) is 4.57 Å². The van der Waals surface area contributed by atoms with Crippen LogP contribution in [-0.4, -0.2) is 22.0 Å². The van der Waals surface area contributed by atoms with Crippen molar-refractivity contribution in [2.75, 3.05) is 11.9 Å². The second-order valence-corrected chi connectivity index (χ2v) is 5.04. The fourth-order valence-electron chi connectivity index (χ4n) is 2.17. The Morgan fingerprint density at radius 1 is 1.38 bits per heavy atom. The van der Waals surface area contributed by atoms with Crippen molar-refractivity contribution in [3.63, 3.8) is 0 Å². The van der Waals surface area contributed by atoms with E-state index in [9.17, 15) is 19.7 Å². The lowest BCUT2D eigenvalue weighted by molar-refractivity contribution is -0.385. The maximum absolute atomic E-state index is 12.2. The number of hydrogen-bond acceptors (Lipinski definition) is 5. The molecule has 24 heavy (non-hydrogen) atoms. The third-order valence-electron chi connectivity index (χ3n) is 3.28. The molecule has 1 N–H and O–H groups in total. The maximum Gasteiger partial charge on any atom is 0.288 e. The van der Waals surface area contributed by atoms with E-state index in [0.717, 1.165) is 16.8 Å². The highest BCUT2D eigenvalue weighted by Crippen LogP contribution is 2.23. The topological polar surface area (TPSA) is 103 Å². The molecule has 0 bridgehead atoms. The Labute approximate surface area is 137 Å². The Hall–Kier alpha value is -3.16. The molecule has 1 aromatic carbocycles. The minimum Gasteiger partial charge on any atom is -0.492 e. The Morgan fingerprint density at radius 3 is 2.75 bits per heavy atom. The second-order valence-electron chi connectivity index (χ2n) is 5.04. The molecule has 1 aromatic heterocycles. The Kier molecular flexibility index (Phi) is 5.31. The molecule has 126 valence electrons. The van der Waals surface area contributed by atoms with Crippen LogP contribution in [0.4, 0.5) is 11.4 Å². The molecule has 0 aliphatic carbocycles. The number of pyridine rings is 1. The predicted octanol–water partition coefficient (Wildman–Crippen LogP) is 2.10. The van der Waals surface area contributed by atoms with Crippen molar-refractivity contribution >= 4 is 17.3 Å². The summed E-state index contributed by atoms with van der Waals surface area (Å²) in [7, 11) is 0. The molecule has 0 fully saturated rings. The van der Waals surface area contributed by atoms with Gasteiger partial charge in [-0.25, -0.2) is 0 Å². The quantitative estimate of drug-likeness (QED) is 0.645. The van der Waals surface area contributed by atoms with Crippen molar-refractivity contribution in [2.24, 2.45) is 0 Å². The number of amides is 1. The van der Waals surface area contributed by atoms with E-state index in [-0.39, 0.29) is 17.8 Å². The van der Waals surface area contributed by atoms with Gasteiger partial charge in [0.2, 0.25) is 5.91 Å². The normalized spacial score (nSPS) is 10.2. The molecular weight excluding hydrogens is 314 g/mol. The lowest BCUT2D eigenvalue weighted by Crippen LogP contribution is -2.27. The van der Waals surface area contributed by atoms with E-state index < -0.39 is 16.4 Å². The maximum atomic E-state index is 12.2.